The molecule has 0 radical (unpaired) electrons. The standard InChI is InChI=1S/C24H25ClFN5O3S2.CH2O2/c1-16(21-5-6-22(25)35-21)15-36(33,34)28-19-7-11-31(24(19)32)20-4-3-17(13-18(20)26)30-12-8-27-23(30)14-29-9-2-10-29;2-1-3/h3-6,8,12-13,15,19,28H,2,7,9-11,14H2,1H3;1H,(H,2,3)/b16-15+;. The van der Waals surface area contributed by atoms with Crippen LogP contribution in [0.1, 0.15) is 30.5 Å². The van der Waals surface area contributed by atoms with Gasteiger partial charge in [-0.05, 0) is 62.7 Å². The second-order valence-electron chi connectivity index (χ2n) is 8.98. The molecule has 208 valence electrons. The Balaban J connectivity index is 0.00000112. The van der Waals surface area contributed by atoms with Crippen LogP contribution in [-0.4, -0.2) is 66.0 Å². The third kappa shape index (κ3) is 6.92. The molecule has 2 N–H and O–H groups in total. The van der Waals surface area contributed by atoms with Crippen molar-refractivity contribution in [2.75, 3.05) is 24.5 Å². The van der Waals surface area contributed by atoms with Gasteiger partial charge in [-0.2, -0.15) is 4.72 Å². The minimum absolute atomic E-state index is 0.120. The largest absolute Gasteiger partial charge is 0.483 e. The molecule has 0 bridgehead atoms. The molecule has 39 heavy (non-hydrogen) atoms. The average Bonchev–Trinajstić information content (AvgIpc) is 3.58. The molecule has 1 atom stereocenters. The highest BCUT2D eigenvalue weighted by Crippen LogP contribution is 2.29. The van der Waals surface area contributed by atoms with Crippen molar-refractivity contribution in [2.24, 2.45) is 0 Å². The zero-order chi connectivity index (χ0) is 28.2. The van der Waals surface area contributed by atoms with Gasteiger partial charge in [0.15, 0.2) is 0 Å². The Bertz CT molecular complexity index is 1490. The van der Waals surface area contributed by atoms with E-state index in [-0.39, 0.29) is 25.1 Å². The van der Waals surface area contributed by atoms with E-state index in [1.165, 1.54) is 28.7 Å². The van der Waals surface area contributed by atoms with Crippen molar-refractivity contribution < 1.29 is 27.5 Å². The number of carbonyl (C=O) groups excluding carboxylic acids is 1. The number of rotatable bonds is 8. The number of halogens is 2. The lowest BCUT2D eigenvalue weighted by atomic mass is 10.2. The van der Waals surface area contributed by atoms with Gasteiger partial charge in [0.2, 0.25) is 15.9 Å². The number of hydrogen-bond acceptors (Lipinski definition) is 7. The summed E-state index contributed by atoms with van der Waals surface area (Å²) in [6, 6.07) is 7.12. The maximum Gasteiger partial charge on any atom is 0.290 e. The highest BCUT2D eigenvalue weighted by atomic mass is 35.5. The van der Waals surface area contributed by atoms with Crippen LogP contribution in [0.15, 0.2) is 48.1 Å². The van der Waals surface area contributed by atoms with Crippen molar-refractivity contribution in [3.8, 4) is 5.69 Å². The lowest BCUT2D eigenvalue weighted by molar-refractivity contribution is -0.123. The number of aromatic nitrogens is 2. The number of sulfonamides is 1. The number of carbonyl (C=O) groups is 2. The molecule has 2 aliphatic rings. The highest BCUT2D eigenvalue weighted by molar-refractivity contribution is 7.92. The number of allylic oxidation sites excluding steroid dienone is 1. The summed E-state index contributed by atoms with van der Waals surface area (Å²) in [5.74, 6) is -0.225. The first-order valence-electron chi connectivity index (χ1n) is 12.0. The van der Waals surface area contributed by atoms with Crippen LogP contribution < -0.4 is 9.62 Å². The van der Waals surface area contributed by atoms with E-state index < -0.39 is 27.8 Å². The van der Waals surface area contributed by atoms with E-state index in [0.717, 1.165) is 29.2 Å². The quantitative estimate of drug-likeness (QED) is 0.380. The maximum absolute atomic E-state index is 15.2. The Kier molecular flexibility index (Phi) is 9.18. The Labute approximate surface area is 234 Å². The number of benzene rings is 1. The van der Waals surface area contributed by atoms with E-state index in [9.17, 15) is 13.2 Å². The van der Waals surface area contributed by atoms with E-state index in [2.05, 4.69) is 14.6 Å². The lowest BCUT2D eigenvalue weighted by Crippen LogP contribution is -2.41. The minimum Gasteiger partial charge on any atom is -0.483 e. The van der Waals surface area contributed by atoms with Crippen LogP contribution in [0, 0.1) is 5.82 Å². The minimum atomic E-state index is -3.90. The number of hydrogen-bond donors (Lipinski definition) is 2. The van der Waals surface area contributed by atoms with Gasteiger partial charge in [-0.15, -0.1) is 11.3 Å². The van der Waals surface area contributed by atoms with Crippen LogP contribution in [0.2, 0.25) is 4.34 Å². The van der Waals surface area contributed by atoms with Gasteiger partial charge in [0.1, 0.15) is 17.7 Å². The first kappa shape index (κ1) is 28.9. The predicted octanol–water partition coefficient (Wildman–Crippen LogP) is 3.72. The van der Waals surface area contributed by atoms with Gasteiger partial charge in [0, 0.05) is 35.6 Å². The van der Waals surface area contributed by atoms with E-state index in [1.807, 2.05) is 4.57 Å². The van der Waals surface area contributed by atoms with E-state index in [1.54, 1.807) is 43.6 Å². The number of anilines is 1. The molecule has 4 heterocycles. The maximum atomic E-state index is 15.2. The second kappa shape index (κ2) is 12.4. The third-order valence-electron chi connectivity index (χ3n) is 6.34. The molecule has 5 rings (SSSR count). The molecular weight excluding hydrogens is 569 g/mol. The van der Waals surface area contributed by atoms with Gasteiger partial charge in [-0.1, -0.05) is 11.6 Å². The number of amides is 1. The zero-order valence-electron chi connectivity index (χ0n) is 21.0. The topological polar surface area (TPSA) is 125 Å². The summed E-state index contributed by atoms with van der Waals surface area (Å²) in [5.41, 5.74) is 1.24. The summed E-state index contributed by atoms with van der Waals surface area (Å²) in [6.07, 6.45) is 4.88. The first-order chi connectivity index (χ1) is 18.6. The summed E-state index contributed by atoms with van der Waals surface area (Å²) >= 11 is 7.20. The number of carboxylic acid groups (broad SMARTS) is 1. The van der Waals surface area contributed by atoms with Gasteiger partial charge >= 0.3 is 0 Å². The van der Waals surface area contributed by atoms with Crippen LogP contribution in [0.25, 0.3) is 11.3 Å². The molecule has 1 unspecified atom stereocenters. The van der Waals surface area contributed by atoms with Gasteiger partial charge in [-0.25, -0.2) is 17.8 Å². The van der Waals surface area contributed by atoms with Crippen molar-refractivity contribution in [2.45, 2.75) is 32.4 Å². The lowest BCUT2D eigenvalue weighted by Gasteiger charge is -2.30. The Hall–Kier alpha value is -3.10. The van der Waals surface area contributed by atoms with Crippen LogP contribution >= 0.6 is 22.9 Å². The monoisotopic (exact) mass is 595 g/mol. The fourth-order valence-corrected chi connectivity index (χ4v) is 6.73. The van der Waals surface area contributed by atoms with Gasteiger partial charge in [0.05, 0.1) is 22.0 Å². The molecule has 10 nitrogen and oxygen atoms in total. The average molecular weight is 596 g/mol. The van der Waals surface area contributed by atoms with Crippen molar-refractivity contribution in [1.29, 1.82) is 0 Å². The molecule has 0 aliphatic carbocycles. The zero-order valence-corrected chi connectivity index (χ0v) is 23.3. The fourth-order valence-electron chi connectivity index (χ4n) is 4.37. The van der Waals surface area contributed by atoms with E-state index in [0.29, 0.717) is 22.1 Å². The smallest absolute Gasteiger partial charge is 0.290 e. The number of nitrogens with one attached hydrogen (secondary N) is 1. The molecule has 0 saturated carbocycles. The summed E-state index contributed by atoms with van der Waals surface area (Å²) in [6.45, 7) is 4.36. The SMILES string of the molecule is C/C(=C\S(=O)(=O)NC1CCN(c2ccc(-n3ccnc3CN3CCC3)cc2F)C1=O)c1ccc(Cl)s1.O=CO. The molecule has 2 fully saturated rings. The van der Waals surface area contributed by atoms with Crippen molar-refractivity contribution in [3.63, 3.8) is 0 Å². The number of thiophene rings is 1. The fraction of sp³-hybridized carbons (Fsp3) is 0.320. The van der Waals surface area contributed by atoms with Crippen molar-refractivity contribution in [3.05, 3.63) is 69.0 Å². The molecule has 3 aromatic rings. The number of nitrogens with zero attached hydrogens (tertiary/aromatic N) is 4. The van der Waals surface area contributed by atoms with Crippen molar-refractivity contribution in [1.82, 2.24) is 19.2 Å². The second-order valence-corrected chi connectivity index (χ2v) is 12.3. The summed E-state index contributed by atoms with van der Waals surface area (Å²) in [5, 5.41) is 7.98. The van der Waals surface area contributed by atoms with Crippen LogP contribution in [-0.2, 0) is 26.2 Å². The van der Waals surface area contributed by atoms with Gasteiger partial charge in [-0.3, -0.25) is 14.5 Å². The number of imidazole rings is 1. The van der Waals surface area contributed by atoms with Gasteiger partial charge < -0.3 is 14.6 Å². The van der Waals surface area contributed by atoms with Crippen molar-refractivity contribution >= 4 is 56.6 Å². The first-order valence-corrected chi connectivity index (χ1v) is 14.8. The van der Waals surface area contributed by atoms with E-state index in [4.69, 9.17) is 21.5 Å². The molecule has 1 aromatic carbocycles. The Morgan fingerprint density at radius 2 is 2.03 bits per heavy atom. The van der Waals surface area contributed by atoms with E-state index >= 15 is 4.39 Å². The third-order valence-corrected chi connectivity index (χ3v) is 8.98. The molecule has 2 saturated heterocycles. The van der Waals surface area contributed by atoms with Crippen LogP contribution in [0.4, 0.5) is 10.1 Å². The molecule has 2 aromatic heterocycles. The summed E-state index contributed by atoms with van der Waals surface area (Å²) in [4.78, 5) is 30.0. The molecule has 14 heteroatoms. The predicted molar refractivity (Wildman–Crippen MR) is 148 cm³/mol. The number of likely N-dealkylation sites (tertiary alicyclic amines) is 1. The van der Waals surface area contributed by atoms with Crippen LogP contribution in [0.3, 0.4) is 0 Å². The molecular formula is C25H27ClFN5O5S2. The molecule has 1 amide bonds. The Morgan fingerprint density at radius 3 is 2.64 bits per heavy atom. The summed E-state index contributed by atoms with van der Waals surface area (Å²) in [7, 11) is -3.90. The highest BCUT2D eigenvalue weighted by Gasteiger charge is 2.36. The molecule has 2 aliphatic heterocycles. The normalized spacial score (nSPS) is 18.0. The van der Waals surface area contributed by atoms with Crippen LogP contribution in [0.5, 0.6) is 0 Å². The Morgan fingerprint density at radius 1 is 1.28 bits per heavy atom. The molecule has 0 spiro atoms. The van der Waals surface area contributed by atoms with Gasteiger partial charge in [0.25, 0.3) is 6.47 Å². The summed E-state index contributed by atoms with van der Waals surface area (Å²) < 4.78 is 45.3.